The van der Waals surface area contributed by atoms with E-state index in [-0.39, 0.29) is 23.9 Å². The number of amides is 2. The predicted octanol–water partition coefficient (Wildman–Crippen LogP) is 3.91. The zero-order valence-electron chi connectivity index (χ0n) is 15.5. The number of carbonyl (C=O) groups is 2. The smallest absolute Gasteiger partial charge is 0.254 e. The van der Waals surface area contributed by atoms with Crippen LogP contribution in [0.4, 0.5) is 0 Å². The van der Waals surface area contributed by atoms with Crippen molar-refractivity contribution in [3.63, 3.8) is 0 Å². The number of likely N-dealkylation sites (tertiary alicyclic amines) is 1. The highest BCUT2D eigenvalue weighted by molar-refractivity contribution is 5.98. The van der Waals surface area contributed by atoms with Crippen LogP contribution in [0.1, 0.15) is 74.6 Å². The van der Waals surface area contributed by atoms with E-state index >= 15 is 0 Å². The van der Waals surface area contributed by atoms with Crippen molar-refractivity contribution < 1.29 is 9.59 Å². The fourth-order valence-corrected chi connectivity index (χ4v) is 5.26. The summed E-state index contributed by atoms with van der Waals surface area (Å²) in [5, 5.41) is 3.27. The van der Waals surface area contributed by atoms with Gasteiger partial charge in [-0.15, -0.1) is 0 Å². The van der Waals surface area contributed by atoms with Crippen LogP contribution in [0.25, 0.3) is 0 Å². The van der Waals surface area contributed by atoms with Crippen LogP contribution in [-0.2, 0) is 4.79 Å². The Hall–Kier alpha value is -1.84. The summed E-state index contributed by atoms with van der Waals surface area (Å²) >= 11 is 0. The first-order valence-electron chi connectivity index (χ1n) is 10.4. The molecule has 0 aromatic heterocycles. The van der Waals surface area contributed by atoms with E-state index in [2.05, 4.69) is 5.32 Å². The van der Waals surface area contributed by atoms with Crippen LogP contribution < -0.4 is 5.32 Å². The average molecular weight is 354 g/mol. The van der Waals surface area contributed by atoms with Gasteiger partial charge in [0.25, 0.3) is 5.91 Å². The van der Waals surface area contributed by atoms with Crippen molar-refractivity contribution in [2.75, 3.05) is 0 Å². The minimum atomic E-state index is -0.294. The lowest BCUT2D eigenvalue weighted by atomic mass is 9.84. The van der Waals surface area contributed by atoms with Gasteiger partial charge in [0.15, 0.2) is 0 Å². The van der Waals surface area contributed by atoms with Crippen LogP contribution in [0.2, 0.25) is 0 Å². The van der Waals surface area contributed by atoms with Gasteiger partial charge >= 0.3 is 0 Å². The molecule has 1 saturated heterocycles. The summed E-state index contributed by atoms with van der Waals surface area (Å²) in [6.07, 6.45) is 11.3. The molecule has 3 atom stereocenters. The molecule has 1 N–H and O–H groups in total. The molecule has 4 rings (SSSR count). The highest BCUT2D eigenvalue weighted by atomic mass is 16.2. The zero-order valence-corrected chi connectivity index (χ0v) is 15.5. The molecule has 0 radical (unpaired) electrons. The first kappa shape index (κ1) is 17.6. The number of hydrogen-bond donors (Lipinski definition) is 1. The quantitative estimate of drug-likeness (QED) is 0.895. The number of nitrogens with zero attached hydrogens (tertiary/aromatic N) is 1. The first-order chi connectivity index (χ1) is 12.7. The number of nitrogens with one attached hydrogen (secondary N) is 1. The molecular weight excluding hydrogens is 324 g/mol. The molecule has 2 amide bonds. The molecule has 1 aliphatic heterocycles. The van der Waals surface area contributed by atoms with Crippen molar-refractivity contribution in [3.8, 4) is 0 Å². The first-order valence-corrected chi connectivity index (χ1v) is 10.4. The highest BCUT2D eigenvalue weighted by Gasteiger charge is 2.47. The van der Waals surface area contributed by atoms with Crippen LogP contribution in [0.3, 0.4) is 0 Å². The van der Waals surface area contributed by atoms with E-state index in [4.69, 9.17) is 0 Å². The van der Waals surface area contributed by atoms with E-state index in [1.54, 1.807) is 0 Å². The molecule has 1 aromatic carbocycles. The van der Waals surface area contributed by atoms with Crippen molar-refractivity contribution in [1.29, 1.82) is 0 Å². The summed E-state index contributed by atoms with van der Waals surface area (Å²) in [5.74, 6) is 0.595. The van der Waals surface area contributed by atoms with Gasteiger partial charge < -0.3 is 10.2 Å². The van der Waals surface area contributed by atoms with Crippen molar-refractivity contribution in [2.45, 2.75) is 82.3 Å². The third-order valence-electron chi connectivity index (χ3n) is 6.60. The number of rotatable bonds is 3. The van der Waals surface area contributed by atoms with E-state index < -0.39 is 0 Å². The molecule has 3 fully saturated rings. The van der Waals surface area contributed by atoms with Gasteiger partial charge in [0.05, 0.1) is 0 Å². The van der Waals surface area contributed by atoms with Crippen LogP contribution in [0.15, 0.2) is 30.3 Å². The summed E-state index contributed by atoms with van der Waals surface area (Å²) in [4.78, 5) is 28.3. The molecule has 4 nitrogen and oxygen atoms in total. The molecule has 2 aliphatic carbocycles. The van der Waals surface area contributed by atoms with Crippen molar-refractivity contribution in [2.24, 2.45) is 5.92 Å². The minimum Gasteiger partial charge on any atom is -0.352 e. The average Bonchev–Trinajstić information content (AvgIpc) is 3.08. The number of carbonyl (C=O) groups excluding carboxylic acids is 2. The van der Waals surface area contributed by atoms with Gasteiger partial charge in [-0.1, -0.05) is 50.3 Å². The molecule has 3 unspecified atom stereocenters. The third-order valence-corrected chi connectivity index (χ3v) is 6.60. The molecule has 1 aromatic rings. The van der Waals surface area contributed by atoms with E-state index in [1.807, 2.05) is 35.2 Å². The second kappa shape index (κ2) is 7.81. The van der Waals surface area contributed by atoms with Gasteiger partial charge in [-0.25, -0.2) is 0 Å². The molecule has 0 spiro atoms. The topological polar surface area (TPSA) is 49.4 Å². The van der Waals surface area contributed by atoms with Crippen molar-refractivity contribution in [1.82, 2.24) is 10.2 Å². The SMILES string of the molecule is O=C(NC1CCCCC1)C1CC2CCCCC2N1C(=O)c1ccccc1. The van der Waals surface area contributed by atoms with Gasteiger partial charge in [0.2, 0.25) is 5.91 Å². The lowest BCUT2D eigenvalue weighted by Crippen LogP contribution is -2.51. The monoisotopic (exact) mass is 354 g/mol. The van der Waals surface area contributed by atoms with Crippen molar-refractivity contribution in [3.05, 3.63) is 35.9 Å². The Balaban J connectivity index is 1.54. The Kier molecular flexibility index (Phi) is 5.28. The van der Waals surface area contributed by atoms with Gasteiger partial charge in [-0.05, 0) is 50.2 Å². The number of fused-ring (bicyclic) bond motifs is 1. The molecule has 140 valence electrons. The van der Waals surface area contributed by atoms with Gasteiger partial charge in [-0.2, -0.15) is 0 Å². The predicted molar refractivity (Wildman–Crippen MR) is 102 cm³/mol. The summed E-state index contributed by atoms with van der Waals surface area (Å²) < 4.78 is 0. The lowest BCUT2D eigenvalue weighted by Gasteiger charge is -2.34. The molecule has 1 heterocycles. The Morgan fingerprint density at radius 3 is 2.35 bits per heavy atom. The maximum atomic E-state index is 13.3. The fourth-order valence-electron chi connectivity index (χ4n) is 5.26. The highest BCUT2D eigenvalue weighted by Crippen LogP contribution is 2.40. The maximum absolute atomic E-state index is 13.3. The Bertz CT molecular complexity index is 639. The van der Waals surface area contributed by atoms with E-state index in [9.17, 15) is 9.59 Å². The third kappa shape index (κ3) is 3.51. The largest absolute Gasteiger partial charge is 0.352 e. The van der Waals surface area contributed by atoms with Crippen molar-refractivity contribution >= 4 is 11.8 Å². The maximum Gasteiger partial charge on any atom is 0.254 e. The molecule has 0 bridgehead atoms. The van der Waals surface area contributed by atoms with Crippen LogP contribution in [0.5, 0.6) is 0 Å². The number of benzene rings is 1. The molecule has 4 heteroatoms. The minimum absolute atomic E-state index is 0.0313. The van der Waals surface area contributed by atoms with Crippen LogP contribution in [-0.4, -0.2) is 34.8 Å². The Morgan fingerprint density at radius 1 is 0.885 bits per heavy atom. The second-order valence-corrected chi connectivity index (χ2v) is 8.29. The molecule has 3 aliphatic rings. The fraction of sp³-hybridized carbons (Fsp3) is 0.636. The lowest BCUT2D eigenvalue weighted by molar-refractivity contribution is -0.126. The van der Waals surface area contributed by atoms with Gasteiger partial charge in [-0.3, -0.25) is 9.59 Å². The van der Waals surface area contributed by atoms with E-state index in [1.165, 1.54) is 25.7 Å². The van der Waals surface area contributed by atoms with E-state index in [0.29, 0.717) is 17.5 Å². The van der Waals surface area contributed by atoms with Crippen LogP contribution in [0, 0.1) is 5.92 Å². The summed E-state index contributed by atoms with van der Waals surface area (Å²) in [5.41, 5.74) is 0.703. The molecule has 26 heavy (non-hydrogen) atoms. The van der Waals surface area contributed by atoms with E-state index in [0.717, 1.165) is 38.5 Å². The standard InChI is InChI=1S/C22H30N2O2/c25-21(23-18-12-5-2-6-13-18)20-15-17-11-7-8-14-19(17)24(20)22(26)16-9-3-1-4-10-16/h1,3-4,9-10,17-20H,2,5-8,11-15H2,(H,23,25). The van der Waals surface area contributed by atoms with Gasteiger partial charge in [0.1, 0.15) is 6.04 Å². The summed E-state index contributed by atoms with van der Waals surface area (Å²) in [7, 11) is 0. The summed E-state index contributed by atoms with van der Waals surface area (Å²) in [6, 6.07) is 9.71. The Labute approximate surface area is 156 Å². The van der Waals surface area contributed by atoms with Crippen LogP contribution >= 0.6 is 0 Å². The molecular formula is C22H30N2O2. The normalized spacial score (nSPS) is 29.2. The number of hydrogen-bond acceptors (Lipinski definition) is 2. The Morgan fingerprint density at radius 2 is 1.58 bits per heavy atom. The van der Waals surface area contributed by atoms with Gasteiger partial charge in [0, 0.05) is 17.6 Å². The zero-order chi connectivity index (χ0) is 17.9. The summed E-state index contributed by atoms with van der Waals surface area (Å²) in [6.45, 7) is 0. The molecule has 2 saturated carbocycles. The second-order valence-electron chi connectivity index (χ2n) is 8.29.